The Hall–Kier alpha value is -2.40. The van der Waals surface area contributed by atoms with Crippen LogP contribution in [0.3, 0.4) is 0 Å². The predicted molar refractivity (Wildman–Crippen MR) is 176 cm³/mol. The lowest BCUT2D eigenvalue weighted by molar-refractivity contribution is 0.104. The van der Waals surface area contributed by atoms with Gasteiger partial charge in [0.2, 0.25) is 0 Å². The summed E-state index contributed by atoms with van der Waals surface area (Å²) in [5, 5.41) is 0. The van der Waals surface area contributed by atoms with Crippen LogP contribution in [0.5, 0.6) is 17.2 Å². The van der Waals surface area contributed by atoms with Crippen molar-refractivity contribution in [3.05, 3.63) is 53.6 Å². The minimum Gasteiger partial charge on any atom is -0.496 e. The number of thioether (sulfide) groups is 1. The molecule has 4 nitrogen and oxygen atoms in total. The Balaban J connectivity index is 1.56. The second kappa shape index (κ2) is 22.2. The quantitative estimate of drug-likeness (QED) is 0.0533. The fourth-order valence-corrected chi connectivity index (χ4v) is 5.93. The molecule has 0 amide bonds. The van der Waals surface area contributed by atoms with Crippen LogP contribution in [0.2, 0.25) is 0 Å². The van der Waals surface area contributed by atoms with Crippen molar-refractivity contribution < 1.29 is 19.0 Å². The van der Waals surface area contributed by atoms with Gasteiger partial charge >= 0.3 is 0 Å². The summed E-state index contributed by atoms with van der Waals surface area (Å²) in [6.07, 6.45) is 25.8. The van der Waals surface area contributed by atoms with Crippen LogP contribution in [0.25, 0.3) is 6.08 Å². The first-order valence-corrected chi connectivity index (χ1v) is 16.9. The topological polar surface area (TPSA) is 44.8 Å². The number of ether oxygens (including phenoxy) is 3. The highest BCUT2D eigenvalue weighted by atomic mass is 32.2. The van der Waals surface area contributed by atoms with E-state index in [0.29, 0.717) is 22.8 Å². The van der Waals surface area contributed by atoms with Crippen LogP contribution in [0.4, 0.5) is 0 Å². The molecule has 2 aromatic carbocycles. The number of carbonyl (C=O) groups is 1. The zero-order valence-corrected chi connectivity index (χ0v) is 27.0. The summed E-state index contributed by atoms with van der Waals surface area (Å²) >= 11 is 1.91. The van der Waals surface area contributed by atoms with Crippen molar-refractivity contribution in [3.63, 3.8) is 0 Å². The highest BCUT2D eigenvalue weighted by Crippen LogP contribution is 2.34. The van der Waals surface area contributed by atoms with Gasteiger partial charge in [-0.2, -0.15) is 0 Å². The monoisotopic (exact) mass is 582 g/mol. The number of ketones is 1. The molecular formula is C36H54O4S. The minimum atomic E-state index is -0.177. The van der Waals surface area contributed by atoms with Crippen LogP contribution in [0, 0.1) is 0 Å². The number of hydrogen-bond acceptors (Lipinski definition) is 5. The van der Waals surface area contributed by atoms with E-state index in [1.54, 1.807) is 25.3 Å². The Morgan fingerprint density at radius 3 is 1.56 bits per heavy atom. The van der Waals surface area contributed by atoms with Gasteiger partial charge in [0.05, 0.1) is 21.3 Å². The molecule has 5 heteroatoms. The molecule has 0 heterocycles. The lowest BCUT2D eigenvalue weighted by Crippen LogP contribution is -2.03. The van der Waals surface area contributed by atoms with Gasteiger partial charge in [-0.3, -0.25) is 4.79 Å². The first-order chi connectivity index (χ1) is 20.1. The fourth-order valence-electron chi connectivity index (χ4n) is 5.02. The maximum atomic E-state index is 12.9. The summed E-state index contributed by atoms with van der Waals surface area (Å²) < 4.78 is 16.1. The molecule has 0 spiro atoms. The third-order valence-corrected chi connectivity index (χ3v) is 8.63. The van der Waals surface area contributed by atoms with Gasteiger partial charge in [-0.15, -0.1) is 11.8 Å². The third-order valence-electron chi connectivity index (χ3n) is 7.54. The number of hydrogen-bond donors (Lipinski definition) is 0. The van der Waals surface area contributed by atoms with Crippen LogP contribution in [-0.2, 0) is 0 Å². The molecular weight excluding hydrogens is 528 g/mol. The number of methoxy groups -OCH3 is 3. The van der Waals surface area contributed by atoms with Crippen molar-refractivity contribution in [2.45, 2.75) is 115 Å². The summed E-state index contributed by atoms with van der Waals surface area (Å²) in [5.41, 5.74) is 1.37. The highest BCUT2D eigenvalue weighted by Gasteiger charge is 2.18. The van der Waals surface area contributed by atoms with Crippen molar-refractivity contribution >= 4 is 23.6 Å². The summed E-state index contributed by atoms with van der Waals surface area (Å²) in [4.78, 5) is 14.2. The van der Waals surface area contributed by atoms with Crippen molar-refractivity contribution in [2.75, 3.05) is 27.1 Å². The molecule has 0 radical (unpaired) electrons. The standard InChI is InChI=1S/C36H54O4S/c1-5-6-7-8-9-10-11-12-13-14-15-16-17-18-19-20-27-41-32-24-21-30(22-25-32)23-26-33(37)36-34(39-3)28-31(38-2)29-35(36)40-4/h21-26,28-29H,5-20,27H2,1-4H3. The van der Waals surface area contributed by atoms with Crippen molar-refractivity contribution in [1.82, 2.24) is 0 Å². The Kier molecular flexibility index (Phi) is 18.9. The lowest BCUT2D eigenvalue weighted by atomic mass is 10.0. The van der Waals surface area contributed by atoms with E-state index in [1.807, 2.05) is 17.8 Å². The molecule has 0 aliphatic rings. The van der Waals surface area contributed by atoms with Gasteiger partial charge in [0.1, 0.15) is 22.8 Å². The van der Waals surface area contributed by atoms with E-state index in [2.05, 4.69) is 31.2 Å². The number of allylic oxidation sites excluding steroid dienone is 1. The minimum absolute atomic E-state index is 0.177. The van der Waals surface area contributed by atoms with Crippen molar-refractivity contribution in [3.8, 4) is 17.2 Å². The van der Waals surface area contributed by atoms with E-state index < -0.39 is 0 Å². The molecule has 0 atom stereocenters. The normalized spacial score (nSPS) is 11.2. The number of rotatable bonds is 24. The Bertz CT molecular complexity index is 974. The molecule has 2 rings (SSSR count). The van der Waals surface area contributed by atoms with Crippen LogP contribution >= 0.6 is 11.8 Å². The number of benzene rings is 2. The smallest absolute Gasteiger partial charge is 0.193 e. The maximum absolute atomic E-state index is 12.9. The molecule has 0 N–H and O–H groups in total. The SMILES string of the molecule is CCCCCCCCCCCCCCCCCCSc1ccc(C=CC(=O)c2c(OC)cc(OC)cc2OC)cc1. The molecule has 0 aromatic heterocycles. The summed E-state index contributed by atoms with van der Waals surface area (Å²) in [6.45, 7) is 2.29. The summed E-state index contributed by atoms with van der Waals surface area (Å²) in [5.74, 6) is 2.41. The van der Waals surface area contributed by atoms with E-state index in [1.165, 1.54) is 122 Å². The van der Waals surface area contributed by atoms with Crippen molar-refractivity contribution in [2.24, 2.45) is 0 Å². The molecule has 0 bridgehead atoms. The largest absolute Gasteiger partial charge is 0.496 e. The van der Waals surface area contributed by atoms with Crippen LogP contribution < -0.4 is 14.2 Å². The summed E-state index contributed by atoms with van der Waals surface area (Å²) in [6, 6.07) is 11.8. The van der Waals surface area contributed by atoms with Crippen molar-refractivity contribution in [1.29, 1.82) is 0 Å². The van der Waals surface area contributed by atoms with Gasteiger partial charge in [0.25, 0.3) is 0 Å². The second-order valence-corrected chi connectivity index (χ2v) is 12.0. The molecule has 0 saturated carbocycles. The second-order valence-electron chi connectivity index (χ2n) is 10.8. The first-order valence-electron chi connectivity index (χ1n) is 15.9. The van der Waals surface area contributed by atoms with E-state index >= 15 is 0 Å². The van der Waals surface area contributed by atoms with E-state index in [0.717, 1.165) is 11.3 Å². The third kappa shape index (κ3) is 14.4. The Labute approximate surface area is 254 Å². The highest BCUT2D eigenvalue weighted by molar-refractivity contribution is 7.99. The van der Waals surface area contributed by atoms with Crippen LogP contribution in [0.15, 0.2) is 47.4 Å². The molecule has 0 aliphatic heterocycles. The molecule has 0 unspecified atom stereocenters. The zero-order valence-electron chi connectivity index (χ0n) is 26.2. The predicted octanol–water partition coefficient (Wildman–Crippen LogP) is 11.0. The average Bonchev–Trinajstić information content (AvgIpc) is 3.01. The molecule has 0 saturated heterocycles. The zero-order chi connectivity index (χ0) is 29.5. The van der Waals surface area contributed by atoms with Gasteiger partial charge < -0.3 is 14.2 Å². The molecule has 41 heavy (non-hydrogen) atoms. The Morgan fingerprint density at radius 1 is 0.659 bits per heavy atom. The number of unbranched alkanes of at least 4 members (excludes halogenated alkanes) is 15. The van der Waals surface area contributed by atoms with E-state index in [9.17, 15) is 4.79 Å². The molecule has 0 aliphatic carbocycles. The summed E-state index contributed by atoms with van der Waals surface area (Å²) in [7, 11) is 4.63. The molecule has 0 fully saturated rings. The maximum Gasteiger partial charge on any atom is 0.193 e. The van der Waals surface area contributed by atoms with Gasteiger partial charge in [-0.05, 0) is 35.9 Å². The number of carbonyl (C=O) groups excluding carboxylic acids is 1. The van der Waals surface area contributed by atoms with Crippen LogP contribution in [-0.4, -0.2) is 32.9 Å². The van der Waals surface area contributed by atoms with Gasteiger partial charge in [-0.25, -0.2) is 0 Å². The lowest BCUT2D eigenvalue weighted by Gasteiger charge is -2.13. The Morgan fingerprint density at radius 2 is 1.12 bits per heavy atom. The van der Waals surface area contributed by atoms with E-state index in [4.69, 9.17) is 14.2 Å². The van der Waals surface area contributed by atoms with Crippen LogP contribution in [0.1, 0.15) is 126 Å². The molecule has 228 valence electrons. The fraction of sp³-hybridized carbons (Fsp3) is 0.583. The molecule has 2 aromatic rings. The van der Waals surface area contributed by atoms with E-state index in [-0.39, 0.29) is 5.78 Å². The average molecular weight is 583 g/mol. The first kappa shape index (κ1) is 34.8. The van der Waals surface area contributed by atoms with Gasteiger partial charge in [0.15, 0.2) is 5.78 Å². The van der Waals surface area contributed by atoms with Gasteiger partial charge in [-0.1, -0.05) is 121 Å². The van der Waals surface area contributed by atoms with Gasteiger partial charge in [0, 0.05) is 17.0 Å².